The van der Waals surface area contributed by atoms with Crippen molar-refractivity contribution in [2.75, 3.05) is 13.6 Å². The van der Waals surface area contributed by atoms with Gasteiger partial charge in [-0.3, -0.25) is 4.79 Å². The first kappa shape index (κ1) is 21.2. The Kier molecular flexibility index (Phi) is 5.64. The molecular weight excluding hydrogens is 406 g/mol. The Balaban J connectivity index is 2.15. The predicted octanol–water partition coefficient (Wildman–Crippen LogP) is 2.91. The number of fused-ring (bicyclic) bond motifs is 1. The van der Waals surface area contributed by atoms with Crippen molar-refractivity contribution in [3.63, 3.8) is 0 Å². The molecule has 1 aromatic carbocycles. The van der Waals surface area contributed by atoms with Crippen molar-refractivity contribution in [2.45, 2.75) is 38.9 Å². The molecule has 3 rings (SSSR count). The molecule has 0 aliphatic carbocycles. The van der Waals surface area contributed by atoms with Crippen LogP contribution in [0.15, 0.2) is 12.1 Å². The summed E-state index contributed by atoms with van der Waals surface area (Å²) in [6.45, 7) is 4.28. The van der Waals surface area contributed by atoms with Gasteiger partial charge in [-0.1, -0.05) is 11.6 Å². The number of benzene rings is 1. The molecule has 2 N–H and O–H groups in total. The van der Waals surface area contributed by atoms with Crippen LogP contribution in [0, 0.1) is 11.6 Å². The van der Waals surface area contributed by atoms with E-state index < -0.39 is 29.0 Å². The van der Waals surface area contributed by atoms with Gasteiger partial charge >= 0.3 is 5.97 Å². The third kappa shape index (κ3) is 4.11. The summed E-state index contributed by atoms with van der Waals surface area (Å²) in [6.07, 6.45) is 0.727. The van der Waals surface area contributed by atoms with Crippen LogP contribution in [0.2, 0.25) is 5.02 Å². The average molecular weight is 427 g/mol. The molecule has 0 saturated carbocycles. The normalized spacial score (nSPS) is 15.0. The molecule has 1 aliphatic heterocycles. The Morgan fingerprint density at radius 1 is 1.24 bits per heavy atom. The molecule has 0 saturated heterocycles. The zero-order valence-corrected chi connectivity index (χ0v) is 17.0. The summed E-state index contributed by atoms with van der Waals surface area (Å²) < 4.78 is 29.8. The SMILES string of the molecule is CN1CCCn2c(-c3cc(Cl)c(F)cc3F)nc(C(=O)NC(C)(C)C(=O)O)c2C1. The average Bonchev–Trinajstić information content (AvgIpc) is 2.84. The maximum Gasteiger partial charge on any atom is 0.328 e. The highest BCUT2D eigenvalue weighted by atomic mass is 35.5. The molecule has 0 bridgehead atoms. The lowest BCUT2D eigenvalue weighted by molar-refractivity contribution is -0.143. The number of carbonyl (C=O) groups excluding carboxylic acids is 1. The highest BCUT2D eigenvalue weighted by Crippen LogP contribution is 2.31. The zero-order valence-electron chi connectivity index (χ0n) is 16.2. The number of amides is 1. The van der Waals surface area contributed by atoms with Crippen molar-refractivity contribution >= 4 is 23.5 Å². The van der Waals surface area contributed by atoms with Crippen molar-refractivity contribution < 1.29 is 23.5 Å². The van der Waals surface area contributed by atoms with Crippen LogP contribution in [-0.4, -0.2) is 50.6 Å². The first-order valence-corrected chi connectivity index (χ1v) is 9.38. The van der Waals surface area contributed by atoms with E-state index in [4.69, 9.17) is 11.6 Å². The number of halogens is 3. The number of hydrogen-bond acceptors (Lipinski definition) is 4. The third-order valence-electron chi connectivity index (χ3n) is 4.84. The maximum atomic E-state index is 14.5. The predicted molar refractivity (Wildman–Crippen MR) is 103 cm³/mol. The van der Waals surface area contributed by atoms with Crippen LogP contribution < -0.4 is 5.32 Å². The number of nitrogens with zero attached hydrogens (tertiary/aromatic N) is 3. The molecular formula is C19H21ClF2N4O3. The molecule has 1 amide bonds. The summed E-state index contributed by atoms with van der Waals surface area (Å²) >= 11 is 5.83. The number of aliphatic carboxylic acids is 1. The largest absolute Gasteiger partial charge is 0.480 e. The van der Waals surface area contributed by atoms with E-state index in [9.17, 15) is 23.5 Å². The van der Waals surface area contributed by atoms with Crippen LogP contribution in [0.1, 0.15) is 36.5 Å². The van der Waals surface area contributed by atoms with E-state index in [0.717, 1.165) is 19.0 Å². The summed E-state index contributed by atoms with van der Waals surface area (Å²) in [5.41, 5.74) is -1.02. The molecule has 0 atom stereocenters. The second-order valence-corrected chi connectivity index (χ2v) is 8.01. The Morgan fingerprint density at radius 3 is 2.59 bits per heavy atom. The van der Waals surface area contributed by atoms with E-state index in [1.807, 2.05) is 11.9 Å². The van der Waals surface area contributed by atoms with Crippen LogP contribution in [-0.2, 0) is 17.9 Å². The number of carboxylic acid groups (broad SMARTS) is 1. The standard InChI is InChI=1S/C19H21ClF2N4O3/c1-19(2,18(28)29)24-17(27)15-14-9-25(3)5-4-6-26(14)16(23-15)10-7-11(20)13(22)8-12(10)21/h7-8H,4-6,9H2,1-3H3,(H,24,27)(H,28,29). The number of hydrogen-bond donors (Lipinski definition) is 2. The molecule has 1 aromatic heterocycles. The molecule has 0 radical (unpaired) electrons. The number of carboxylic acids is 1. The van der Waals surface area contributed by atoms with Gasteiger partial charge in [-0.15, -0.1) is 0 Å². The van der Waals surface area contributed by atoms with Crippen LogP contribution in [0.5, 0.6) is 0 Å². The molecule has 7 nitrogen and oxygen atoms in total. The van der Waals surface area contributed by atoms with E-state index in [1.165, 1.54) is 13.8 Å². The first-order chi connectivity index (χ1) is 13.5. The second kappa shape index (κ2) is 7.72. The smallest absolute Gasteiger partial charge is 0.328 e. The molecule has 0 unspecified atom stereocenters. The van der Waals surface area contributed by atoms with E-state index >= 15 is 0 Å². The number of imidazole rings is 1. The quantitative estimate of drug-likeness (QED) is 0.734. The van der Waals surface area contributed by atoms with Crippen molar-refractivity contribution in [3.8, 4) is 11.4 Å². The molecule has 0 spiro atoms. The molecule has 2 heterocycles. The Labute approximate surface area is 171 Å². The van der Waals surface area contributed by atoms with Crippen LogP contribution in [0.25, 0.3) is 11.4 Å². The monoisotopic (exact) mass is 426 g/mol. The van der Waals surface area contributed by atoms with Crippen LogP contribution in [0.3, 0.4) is 0 Å². The van der Waals surface area contributed by atoms with Gasteiger partial charge in [0.15, 0.2) is 5.69 Å². The number of carbonyl (C=O) groups is 2. The minimum absolute atomic E-state index is 0.00271. The highest BCUT2D eigenvalue weighted by Gasteiger charge is 2.33. The van der Waals surface area contributed by atoms with Gasteiger partial charge in [0.1, 0.15) is 23.0 Å². The molecule has 29 heavy (non-hydrogen) atoms. The zero-order chi connectivity index (χ0) is 21.5. The molecule has 1 aliphatic rings. The topological polar surface area (TPSA) is 87.5 Å². The second-order valence-electron chi connectivity index (χ2n) is 7.60. The van der Waals surface area contributed by atoms with Crippen molar-refractivity contribution in [1.82, 2.24) is 19.8 Å². The number of aromatic nitrogens is 2. The van der Waals surface area contributed by atoms with Crippen molar-refractivity contribution in [3.05, 3.63) is 40.2 Å². The minimum Gasteiger partial charge on any atom is -0.480 e. The molecule has 156 valence electrons. The number of nitrogens with one attached hydrogen (secondary N) is 1. The summed E-state index contributed by atoms with van der Waals surface area (Å²) in [7, 11) is 1.88. The van der Waals surface area contributed by atoms with Gasteiger partial charge in [0.25, 0.3) is 5.91 Å². The highest BCUT2D eigenvalue weighted by molar-refractivity contribution is 6.31. The fourth-order valence-electron chi connectivity index (χ4n) is 3.20. The van der Waals surface area contributed by atoms with E-state index in [-0.39, 0.29) is 22.1 Å². The van der Waals surface area contributed by atoms with Gasteiger partial charge in [-0.2, -0.15) is 0 Å². The van der Waals surface area contributed by atoms with Gasteiger partial charge in [0.2, 0.25) is 0 Å². The lowest BCUT2D eigenvalue weighted by Gasteiger charge is -2.21. The first-order valence-electron chi connectivity index (χ1n) is 9.00. The molecule has 10 heteroatoms. The molecule has 0 fully saturated rings. The third-order valence-corrected chi connectivity index (χ3v) is 5.13. The van der Waals surface area contributed by atoms with Gasteiger partial charge < -0.3 is 19.9 Å². The van der Waals surface area contributed by atoms with Gasteiger partial charge in [0.05, 0.1) is 16.3 Å². The van der Waals surface area contributed by atoms with Gasteiger partial charge in [0, 0.05) is 19.2 Å². The Morgan fingerprint density at radius 2 is 1.93 bits per heavy atom. The van der Waals surface area contributed by atoms with Crippen LogP contribution >= 0.6 is 11.6 Å². The van der Waals surface area contributed by atoms with E-state index in [0.29, 0.717) is 24.8 Å². The number of rotatable bonds is 4. The fraction of sp³-hybridized carbons (Fsp3) is 0.421. The Bertz CT molecular complexity index is 990. The summed E-state index contributed by atoms with van der Waals surface area (Å²) in [6, 6.07) is 1.81. The van der Waals surface area contributed by atoms with E-state index in [1.54, 1.807) is 4.57 Å². The summed E-state index contributed by atoms with van der Waals surface area (Å²) in [5, 5.41) is 11.5. The fourth-order valence-corrected chi connectivity index (χ4v) is 3.36. The van der Waals surface area contributed by atoms with Crippen LogP contribution in [0.4, 0.5) is 8.78 Å². The van der Waals surface area contributed by atoms with Crippen molar-refractivity contribution in [1.29, 1.82) is 0 Å². The molecule has 2 aromatic rings. The Hall–Kier alpha value is -2.52. The summed E-state index contributed by atoms with van der Waals surface area (Å²) in [4.78, 5) is 30.5. The minimum atomic E-state index is -1.52. The van der Waals surface area contributed by atoms with E-state index in [2.05, 4.69) is 10.3 Å². The maximum absolute atomic E-state index is 14.5. The van der Waals surface area contributed by atoms with Crippen molar-refractivity contribution in [2.24, 2.45) is 0 Å². The lowest BCUT2D eigenvalue weighted by atomic mass is 10.1. The lowest BCUT2D eigenvalue weighted by Crippen LogP contribution is -2.50. The summed E-state index contributed by atoms with van der Waals surface area (Å²) in [5.74, 6) is -3.49. The van der Waals surface area contributed by atoms with Gasteiger partial charge in [-0.25, -0.2) is 18.6 Å². The van der Waals surface area contributed by atoms with Gasteiger partial charge in [-0.05, 0) is 39.9 Å².